The van der Waals surface area contributed by atoms with Crippen LogP contribution in [0.3, 0.4) is 0 Å². The fourth-order valence-electron chi connectivity index (χ4n) is 3.44. The van der Waals surface area contributed by atoms with Gasteiger partial charge in [0.05, 0.1) is 16.4 Å². The first-order valence-electron chi connectivity index (χ1n) is 7.95. The van der Waals surface area contributed by atoms with Gasteiger partial charge in [-0.1, -0.05) is 32.1 Å². The van der Waals surface area contributed by atoms with Crippen molar-refractivity contribution in [2.24, 2.45) is 5.92 Å². The molecule has 0 bridgehead atoms. The van der Waals surface area contributed by atoms with Crippen LogP contribution in [0.25, 0.3) is 11.0 Å². The van der Waals surface area contributed by atoms with Crippen LogP contribution in [0.1, 0.15) is 56.7 Å². The van der Waals surface area contributed by atoms with E-state index in [4.69, 9.17) is 11.6 Å². The second-order valence-electron chi connectivity index (χ2n) is 6.16. The number of alkyl halides is 1. The van der Waals surface area contributed by atoms with Crippen LogP contribution in [-0.2, 0) is 6.54 Å². The number of hydrogen-bond acceptors (Lipinski definition) is 1. The number of aryl methyl sites for hydroxylation is 1. The molecule has 1 aromatic carbocycles. The summed E-state index contributed by atoms with van der Waals surface area (Å²) in [6.45, 7) is 2.81. The summed E-state index contributed by atoms with van der Waals surface area (Å²) in [6, 6.07) is 4.78. The normalized spacial score (nSPS) is 18.2. The van der Waals surface area contributed by atoms with E-state index in [1.807, 2.05) is 6.92 Å². The number of halogens is 2. The third kappa shape index (κ3) is 3.23. The molecule has 1 aliphatic rings. The van der Waals surface area contributed by atoms with Gasteiger partial charge in [-0.3, -0.25) is 0 Å². The Kier molecular flexibility index (Phi) is 4.48. The minimum absolute atomic E-state index is 0.160. The zero-order valence-electron chi connectivity index (χ0n) is 12.5. The third-order valence-corrected chi connectivity index (χ3v) is 4.78. The first kappa shape index (κ1) is 14.8. The Morgan fingerprint density at radius 3 is 2.81 bits per heavy atom. The van der Waals surface area contributed by atoms with E-state index in [1.54, 1.807) is 12.1 Å². The maximum absolute atomic E-state index is 13.5. The van der Waals surface area contributed by atoms with Gasteiger partial charge < -0.3 is 4.57 Å². The minimum Gasteiger partial charge on any atom is -0.327 e. The fourth-order valence-corrected chi connectivity index (χ4v) is 3.61. The first-order valence-corrected chi connectivity index (χ1v) is 8.38. The highest BCUT2D eigenvalue weighted by Crippen LogP contribution is 2.30. The molecular weight excluding hydrogens is 287 g/mol. The summed E-state index contributed by atoms with van der Waals surface area (Å²) in [5.41, 5.74) is 1.70. The molecule has 114 valence electrons. The van der Waals surface area contributed by atoms with E-state index in [1.165, 1.54) is 38.2 Å². The SMILES string of the molecule is CC(Cl)c1nc2ccc(F)cc2n1CCC1CCCCC1. The largest absolute Gasteiger partial charge is 0.327 e. The molecule has 0 amide bonds. The van der Waals surface area contributed by atoms with E-state index in [2.05, 4.69) is 9.55 Å². The van der Waals surface area contributed by atoms with E-state index in [9.17, 15) is 4.39 Å². The monoisotopic (exact) mass is 308 g/mol. The van der Waals surface area contributed by atoms with Crippen molar-refractivity contribution in [2.45, 2.75) is 57.4 Å². The van der Waals surface area contributed by atoms with Gasteiger partial charge in [0.1, 0.15) is 11.6 Å². The van der Waals surface area contributed by atoms with Gasteiger partial charge in [0.15, 0.2) is 0 Å². The molecule has 1 saturated carbocycles. The van der Waals surface area contributed by atoms with Gasteiger partial charge in [-0.15, -0.1) is 11.6 Å². The molecule has 1 aliphatic carbocycles. The van der Waals surface area contributed by atoms with Gasteiger partial charge in [-0.05, 0) is 37.5 Å². The van der Waals surface area contributed by atoms with Crippen LogP contribution in [0.5, 0.6) is 0 Å². The van der Waals surface area contributed by atoms with Crippen molar-refractivity contribution in [3.63, 3.8) is 0 Å². The first-order chi connectivity index (χ1) is 10.1. The van der Waals surface area contributed by atoms with Gasteiger partial charge in [0.25, 0.3) is 0 Å². The van der Waals surface area contributed by atoms with Crippen molar-refractivity contribution in [1.82, 2.24) is 9.55 Å². The van der Waals surface area contributed by atoms with Gasteiger partial charge in [-0.2, -0.15) is 0 Å². The average molecular weight is 309 g/mol. The lowest BCUT2D eigenvalue weighted by Crippen LogP contribution is -2.12. The van der Waals surface area contributed by atoms with E-state index in [0.717, 1.165) is 35.7 Å². The Labute approximate surface area is 130 Å². The van der Waals surface area contributed by atoms with Gasteiger partial charge in [-0.25, -0.2) is 9.37 Å². The van der Waals surface area contributed by atoms with Crippen molar-refractivity contribution in [3.8, 4) is 0 Å². The van der Waals surface area contributed by atoms with Crippen LogP contribution < -0.4 is 0 Å². The zero-order chi connectivity index (χ0) is 14.8. The van der Waals surface area contributed by atoms with E-state index >= 15 is 0 Å². The second-order valence-corrected chi connectivity index (χ2v) is 6.82. The Bertz CT molecular complexity index is 615. The molecule has 0 saturated heterocycles. The predicted molar refractivity (Wildman–Crippen MR) is 85.2 cm³/mol. The number of fused-ring (bicyclic) bond motifs is 1. The molecule has 2 aromatic rings. The lowest BCUT2D eigenvalue weighted by atomic mass is 9.87. The highest BCUT2D eigenvalue weighted by Gasteiger charge is 2.18. The Morgan fingerprint density at radius 2 is 2.10 bits per heavy atom. The molecule has 0 radical (unpaired) electrons. The van der Waals surface area contributed by atoms with E-state index in [0.29, 0.717) is 0 Å². The summed E-state index contributed by atoms with van der Waals surface area (Å²) in [6.07, 6.45) is 7.86. The molecule has 2 nitrogen and oxygen atoms in total. The lowest BCUT2D eigenvalue weighted by Gasteiger charge is -2.22. The van der Waals surface area contributed by atoms with Crippen molar-refractivity contribution < 1.29 is 4.39 Å². The summed E-state index contributed by atoms with van der Waals surface area (Å²) < 4.78 is 15.7. The number of aromatic nitrogens is 2. The highest BCUT2D eigenvalue weighted by molar-refractivity contribution is 6.20. The number of nitrogens with zero attached hydrogens (tertiary/aromatic N) is 2. The molecule has 1 atom stereocenters. The zero-order valence-corrected chi connectivity index (χ0v) is 13.2. The number of hydrogen-bond donors (Lipinski definition) is 0. The fraction of sp³-hybridized carbons (Fsp3) is 0.588. The highest BCUT2D eigenvalue weighted by atomic mass is 35.5. The van der Waals surface area contributed by atoms with Gasteiger partial charge >= 0.3 is 0 Å². The van der Waals surface area contributed by atoms with E-state index in [-0.39, 0.29) is 11.2 Å². The molecule has 4 heteroatoms. The summed E-state index contributed by atoms with van der Waals surface area (Å²) >= 11 is 6.26. The topological polar surface area (TPSA) is 17.8 Å². The number of rotatable bonds is 4. The molecule has 1 heterocycles. The smallest absolute Gasteiger partial charge is 0.127 e. The van der Waals surface area contributed by atoms with Crippen molar-refractivity contribution >= 4 is 22.6 Å². The molecule has 1 unspecified atom stereocenters. The second kappa shape index (κ2) is 6.35. The maximum Gasteiger partial charge on any atom is 0.127 e. The van der Waals surface area contributed by atoms with Gasteiger partial charge in [0, 0.05) is 6.54 Å². The lowest BCUT2D eigenvalue weighted by molar-refractivity contribution is 0.324. The summed E-state index contributed by atoms with van der Waals surface area (Å²) in [5.74, 6) is 1.44. The summed E-state index contributed by atoms with van der Waals surface area (Å²) in [7, 11) is 0. The third-order valence-electron chi connectivity index (χ3n) is 4.58. The van der Waals surface area contributed by atoms with Crippen LogP contribution in [-0.4, -0.2) is 9.55 Å². The molecule has 1 aromatic heterocycles. The van der Waals surface area contributed by atoms with Crippen LogP contribution in [0.15, 0.2) is 18.2 Å². The van der Waals surface area contributed by atoms with Crippen LogP contribution in [0.4, 0.5) is 4.39 Å². The molecule has 0 N–H and O–H groups in total. The molecule has 3 rings (SSSR count). The summed E-state index contributed by atoms with van der Waals surface area (Å²) in [5, 5.41) is -0.160. The Balaban J connectivity index is 1.87. The maximum atomic E-state index is 13.5. The quantitative estimate of drug-likeness (QED) is 0.687. The van der Waals surface area contributed by atoms with Crippen molar-refractivity contribution in [3.05, 3.63) is 29.8 Å². The molecule has 1 fully saturated rings. The average Bonchev–Trinajstić information content (AvgIpc) is 2.84. The molecule has 0 aliphatic heterocycles. The number of imidazole rings is 1. The molecule has 21 heavy (non-hydrogen) atoms. The molecular formula is C17H22ClFN2. The minimum atomic E-state index is -0.213. The predicted octanol–water partition coefficient (Wildman–Crippen LogP) is 5.45. The Morgan fingerprint density at radius 1 is 1.33 bits per heavy atom. The molecule has 0 spiro atoms. The van der Waals surface area contributed by atoms with Gasteiger partial charge in [0.2, 0.25) is 0 Å². The van der Waals surface area contributed by atoms with Crippen molar-refractivity contribution in [1.29, 1.82) is 0 Å². The van der Waals surface area contributed by atoms with Crippen LogP contribution >= 0.6 is 11.6 Å². The summed E-state index contributed by atoms with van der Waals surface area (Å²) in [4.78, 5) is 4.58. The van der Waals surface area contributed by atoms with Crippen molar-refractivity contribution in [2.75, 3.05) is 0 Å². The standard InChI is InChI=1S/C17H22ClFN2/c1-12(18)17-20-15-8-7-14(19)11-16(15)21(17)10-9-13-5-3-2-4-6-13/h7-8,11-13H,2-6,9-10H2,1H3. The Hall–Kier alpha value is -1.09. The van der Waals surface area contributed by atoms with Crippen LogP contribution in [0.2, 0.25) is 0 Å². The number of benzene rings is 1. The van der Waals surface area contributed by atoms with E-state index < -0.39 is 0 Å². The van der Waals surface area contributed by atoms with Crippen LogP contribution in [0, 0.1) is 11.7 Å².